The zero-order valence-corrected chi connectivity index (χ0v) is 15.1. The van der Waals surface area contributed by atoms with E-state index in [1.807, 2.05) is 24.6 Å². The minimum atomic E-state index is -0.218. The van der Waals surface area contributed by atoms with Crippen LogP contribution in [-0.2, 0) is 31.2 Å². The molecule has 0 fully saturated rings. The summed E-state index contributed by atoms with van der Waals surface area (Å²) in [6, 6.07) is 12.6. The second kappa shape index (κ2) is 8.36. The van der Waals surface area contributed by atoms with Crippen LogP contribution in [0.3, 0.4) is 0 Å². The third-order valence-corrected chi connectivity index (χ3v) is 4.54. The van der Waals surface area contributed by atoms with Gasteiger partial charge in [-0.05, 0) is 30.5 Å². The van der Waals surface area contributed by atoms with E-state index in [2.05, 4.69) is 35.2 Å². The zero-order valence-electron chi connectivity index (χ0n) is 14.3. The molecule has 1 aromatic heterocycles. The maximum Gasteiger partial charge on any atom is 0.354 e. The Hall–Kier alpha value is -1.78. The maximum absolute atomic E-state index is 12.0. The molecule has 0 amide bonds. The number of carbonyl (C=O) groups excluding carboxylic acids is 1. The summed E-state index contributed by atoms with van der Waals surface area (Å²) in [6.07, 6.45) is 1.95. The highest BCUT2D eigenvalue weighted by Crippen LogP contribution is 2.21. The number of nitrogens with zero attached hydrogens (tertiary/aromatic N) is 2. The lowest BCUT2D eigenvalue weighted by Gasteiger charge is -2.20. The number of fused-ring (bicyclic) bond motifs is 1. The molecule has 2 aromatic rings. The standard InChI is InChI=1S/C19H24N2O2.ClH/c1-3-23-19(22)18-13-16-9-11-21(12-10-17(16)20(18)2)14-15-7-5-4-6-8-15;/h4-8,13H,3,9-12,14H2,1-2H3;1H. The Kier molecular flexibility index (Phi) is 6.46. The molecule has 0 spiro atoms. The average molecular weight is 349 g/mol. The van der Waals surface area contributed by atoms with E-state index < -0.39 is 0 Å². The Morgan fingerprint density at radius 3 is 2.58 bits per heavy atom. The molecule has 0 N–H and O–H groups in total. The van der Waals surface area contributed by atoms with Gasteiger partial charge in [0.2, 0.25) is 0 Å². The molecule has 5 heteroatoms. The summed E-state index contributed by atoms with van der Waals surface area (Å²) in [4.78, 5) is 14.5. The Labute approximate surface area is 149 Å². The summed E-state index contributed by atoms with van der Waals surface area (Å²) in [5.41, 5.74) is 4.58. The number of halogens is 1. The molecule has 4 nitrogen and oxygen atoms in total. The largest absolute Gasteiger partial charge is 0.461 e. The Morgan fingerprint density at radius 1 is 1.17 bits per heavy atom. The van der Waals surface area contributed by atoms with Crippen LogP contribution in [0.25, 0.3) is 0 Å². The van der Waals surface area contributed by atoms with E-state index in [1.54, 1.807) is 0 Å². The van der Waals surface area contributed by atoms with Gasteiger partial charge in [-0.3, -0.25) is 4.90 Å². The predicted octanol–water partition coefficient (Wildman–Crippen LogP) is 3.22. The summed E-state index contributed by atoms with van der Waals surface area (Å²) in [5.74, 6) is -0.218. The van der Waals surface area contributed by atoms with Gasteiger partial charge in [-0.1, -0.05) is 30.3 Å². The fourth-order valence-corrected chi connectivity index (χ4v) is 3.31. The lowest BCUT2D eigenvalue weighted by molar-refractivity contribution is 0.0515. The molecule has 3 rings (SSSR count). The van der Waals surface area contributed by atoms with Crippen LogP contribution in [0, 0.1) is 0 Å². The van der Waals surface area contributed by atoms with Gasteiger partial charge in [0.15, 0.2) is 0 Å². The maximum atomic E-state index is 12.0. The molecule has 2 heterocycles. The Morgan fingerprint density at radius 2 is 1.88 bits per heavy atom. The summed E-state index contributed by atoms with van der Waals surface area (Å²) in [6.45, 7) is 5.28. The van der Waals surface area contributed by atoms with Crippen LogP contribution < -0.4 is 0 Å². The molecule has 1 aromatic carbocycles. The molecule has 1 aliphatic heterocycles. The van der Waals surface area contributed by atoms with E-state index in [0.29, 0.717) is 12.3 Å². The second-order valence-electron chi connectivity index (χ2n) is 6.04. The van der Waals surface area contributed by atoms with E-state index in [-0.39, 0.29) is 18.4 Å². The van der Waals surface area contributed by atoms with E-state index in [4.69, 9.17) is 4.74 Å². The van der Waals surface area contributed by atoms with Crippen LogP contribution in [0.4, 0.5) is 0 Å². The lowest BCUT2D eigenvalue weighted by Crippen LogP contribution is -2.26. The summed E-state index contributed by atoms with van der Waals surface area (Å²) in [5, 5.41) is 0. The summed E-state index contributed by atoms with van der Waals surface area (Å²) in [7, 11) is 1.97. The molecule has 0 unspecified atom stereocenters. The first-order valence-corrected chi connectivity index (χ1v) is 8.30. The van der Waals surface area contributed by atoms with Crippen molar-refractivity contribution >= 4 is 18.4 Å². The highest BCUT2D eigenvalue weighted by atomic mass is 35.5. The number of hydrogen-bond donors (Lipinski definition) is 0. The van der Waals surface area contributed by atoms with Gasteiger partial charge in [0, 0.05) is 38.8 Å². The van der Waals surface area contributed by atoms with Crippen LogP contribution in [0.5, 0.6) is 0 Å². The van der Waals surface area contributed by atoms with E-state index in [9.17, 15) is 4.79 Å². The lowest BCUT2D eigenvalue weighted by atomic mass is 10.1. The van der Waals surface area contributed by atoms with Crippen molar-refractivity contribution in [3.63, 3.8) is 0 Å². The number of carbonyl (C=O) groups is 1. The number of rotatable bonds is 4. The Balaban J connectivity index is 0.00000208. The number of benzene rings is 1. The molecular weight excluding hydrogens is 324 g/mol. The van der Waals surface area contributed by atoms with Gasteiger partial charge in [0.05, 0.1) is 6.61 Å². The highest BCUT2D eigenvalue weighted by Gasteiger charge is 2.22. The van der Waals surface area contributed by atoms with Crippen molar-refractivity contribution < 1.29 is 9.53 Å². The van der Waals surface area contributed by atoms with Gasteiger partial charge in [0.25, 0.3) is 0 Å². The molecule has 0 saturated heterocycles. The van der Waals surface area contributed by atoms with Crippen molar-refractivity contribution in [3.05, 3.63) is 58.9 Å². The van der Waals surface area contributed by atoms with Gasteiger partial charge in [0.1, 0.15) is 5.69 Å². The molecule has 0 saturated carbocycles. The number of ether oxygens (including phenoxy) is 1. The third kappa shape index (κ3) is 4.00. The van der Waals surface area contributed by atoms with Gasteiger partial charge >= 0.3 is 5.97 Å². The smallest absolute Gasteiger partial charge is 0.354 e. The first-order valence-electron chi connectivity index (χ1n) is 8.30. The fraction of sp³-hybridized carbons (Fsp3) is 0.421. The first-order chi connectivity index (χ1) is 11.2. The van der Waals surface area contributed by atoms with Gasteiger partial charge in [-0.25, -0.2) is 4.79 Å². The molecule has 0 radical (unpaired) electrons. The molecule has 0 atom stereocenters. The number of aromatic nitrogens is 1. The van der Waals surface area contributed by atoms with Crippen molar-refractivity contribution in [2.45, 2.75) is 26.3 Å². The normalized spacial score (nSPS) is 14.4. The number of hydrogen-bond acceptors (Lipinski definition) is 3. The van der Waals surface area contributed by atoms with Gasteiger partial charge in [-0.2, -0.15) is 0 Å². The minimum Gasteiger partial charge on any atom is -0.461 e. The zero-order chi connectivity index (χ0) is 16.2. The van der Waals surface area contributed by atoms with E-state index >= 15 is 0 Å². The predicted molar refractivity (Wildman–Crippen MR) is 97.7 cm³/mol. The van der Waals surface area contributed by atoms with Crippen LogP contribution in [0.15, 0.2) is 36.4 Å². The molecule has 24 heavy (non-hydrogen) atoms. The fourth-order valence-electron chi connectivity index (χ4n) is 3.31. The highest BCUT2D eigenvalue weighted by molar-refractivity contribution is 5.88. The van der Waals surface area contributed by atoms with Crippen LogP contribution in [0.2, 0.25) is 0 Å². The van der Waals surface area contributed by atoms with Gasteiger partial charge < -0.3 is 9.30 Å². The van der Waals surface area contributed by atoms with Crippen molar-refractivity contribution in [3.8, 4) is 0 Å². The molecule has 1 aliphatic rings. The van der Waals surface area contributed by atoms with Crippen LogP contribution >= 0.6 is 12.4 Å². The topological polar surface area (TPSA) is 34.5 Å². The summed E-state index contributed by atoms with van der Waals surface area (Å²) >= 11 is 0. The van der Waals surface area contributed by atoms with Crippen LogP contribution in [0.1, 0.15) is 34.2 Å². The first kappa shape index (κ1) is 18.6. The van der Waals surface area contributed by atoms with E-state index in [0.717, 1.165) is 32.5 Å². The Bertz CT molecular complexity index is 682. The van der Waals surface area contributed by atoms with Crippen LogP contribution in [-0.4, -0.2) is 35.1 Å². The third-order valence-electron chi connectivity index (χ3n) is 4.54. The molecular formula is C19H25ClN2O2. The van der Waals surface area contributed by atoms with Crippen molar-refractivity contribution in [1.29, 1.82) is 0 Å². The molecule has 0 bridgehead atoms. The SMILES string of the molecule is CCOC(=O)c1cc2c(n1C)CCN(Cc1ccccc1)CC2.Cl. The van der Waals surface area contributed by atoms with Crippen molar-refractivity contribution in [2.24, 2.45) is 7.05 Å². The second-order valence-corrected chi connectivity index (χ2v) is 6.04. The molecule has 130 valence electrons. The summed E-state index contributed by atoms with van der Waals surface area (Å²) < 4.78 is 7.16. The monoisotopic (exact) mass is 348 g/mol. The van der Waals surface area contributed by atoms with Gasteiger partial charge in [-0.15, -0.1) is 12.4 Å². The minimum absolute atomic E-state index is 0. The van der Waals surface area contributed by atoms with Crippen molar-refractivity contribution in [1.82, 2.24) is 9.47 Å². The van der Waals surface area contributed by atoms with E-state index in [1.165, 1.54) is 16.8 Å². The quantitative estimate of drug-likeness (QED) is 0.796. The molecule has 0 aliphatic carbocycles. The number of esters is 1. The average Bonchev–Trinajstić information content (AvgIpc) is 2.74. The van der Waals surface area contributed by atoms with Crippen molar-refractivity contribution in [2.75, 3.05) is 19.7 Å².